The van der Waals surface area contributed by atoms with Crippen LogP contribution in [0.2, 0.25) is 0 Å². The van der Waals surface area contributed by atoms with Gasteiger partial charge in [0.15, 0.2) is 6.39 Å². The Balaban J connectivity index is -0.0000000277. The number of thiophene rings is 1. The normalized spacial score (nSPS) is 6.69. The van der Waals surface area contributed by atoms with Gasteiger partial charge in [0, 0.05) is 321 Å². The smallest absolute Gasteiger partial charge is 0.180 e. The molecule has 18 nitrogen and oxygen atoms in total. The molecule has 0 aliphatic carbocycles. The van der Waals surface area contributed by atoms with Crippen molar-refractivity contribution in [1.82, 2.24) is 75.0 Å². The van der Waals surface area contributed by atoms with Crippen LogP contribution in [0.3, 0.4) is 0 Å². The Morgan fingerprint density at radius 2 is 1.13 bits per heavy atom. The van der Waals surface area contributed by atoms with Gasteiger partial charge in [-0.2, -0.15) is 26.6 Å². The third kappa shape index (κ3) is 112. The molecule has 12 aromatic heterocycles. The Labute approximate surface area is 731 Å². The second-order valence-corrected chi connectivity index (χ2v) is 17.1. The largest absolute Gasteiger partial charge is 0.472 e. The summed E-state index contributed by atoms with van der Waals surface area (Å²) < 4.78 is 17.5. The molecule has 4 N–H and O–H groups in total. The van der Waals surface area contributed by atoms with E-state index in [0.29, 0.717) is 0 Å². The van der Waals surface area contributed by atoms with Gasteiger partial charge in [0.05, 0.1) is 41.9 Å². The zero-order chi connectivity index (χ0) is 52.9. The van der Waals surface area contributed by atoms with Gasteiger partial charge in [-0.25, -0.2) is 9.97 Å². The van der Waals surface area contributed by atoms with E-state index in [9.17, 15) is 0 Å². The fourth-order valence-corrected chi connectivity index (χ4v) is 5.33. The van der Waals surface area contributed by atoms with E-state index in [-0.39, 0.29) is 304 Å². The maximum atomic E-state index is 4.71. The van der Waals surface area contributed by atoms with Crippen molar-refractivity contribution in [2.24, 2.45) is 14.1 Å². The molecule has 12 radical (unpaired) electrons. The van der Waals surface area contributed by atoms with Crippen molar-refractivity contribution in [3.8, 4) is 0 Å². The molecule has 0 saturated heterocycles. The van der Waals surface area contributed by atoms with Gasteiger partial charge in [-0.15, -0.1) is 11.3 Å². The minimum atomic E-state index is 0. The number of aromatic nitrogens is 15. The molecule has 0 spiro atoms. The standard InChI is InChI=1S/2C5H7N.C5H6O.C5H6S.4C4H6N2.2C4H5NO.C4H5NS.C3H3N2S.11CH3.12V/c1-5-2-3-6-4-5;1-6-4-2-3-5-6;2*1-5-2-3-6-4-5;1-4-2-5-3-6-4;1-4-2-5-6-3-4;1-6-4-2-3-5-6;1-4-2-3-5-6-4;1-4-2-6-3-5-4;1-4-2-3-6-5-4;1-4-2-6-3-5-4;1-3-5-4-2-6-3;;;;;;;;;;;;;;;;;;;;;;;/h2-4,6H,1H3;2-5H,1H3;2*2-4H,1H3;2*2-3H,1H3,(H,5,6);2-4H,1H3;2-3H,1H3,(H,5,6);3*2-3H,1H3;1H3;11*1H3;;;;;;;;;;;;/q;;;;;;;;;;;12*-1;;;;;;;;;;;;. The van der Waals surface area contributed by atoms with Crippen LogP contribution in [0.1, 0.15) is 55.7 Å². The molecule has 0 aliphatic rings. The first-order chi connectivity index (χ1) is 34.7. The summed E-state index contributed by atoms with van der Waals surface area (Å²) in [5.74, 6) is 0. The third-order valence-corrected chi connectivity index (χ3v) is 9.54. The summed E-state index contributed by atoms with van der Waals surface area (Å²) in [6.45, 7) is 19.7. The number of nitrogens with one attached hydrogen (secondary N) is 4. The number of oxazole rings is 1. The summed E-state index contributed by atoms with van der Waals surface area (Å²) in [6.07, 6.45) is 28.2. The average Bonchev–Trinajstić information content (AvgIpc) is 4.18. The van der Waals surface area contributed by atoms with E-state index < -0.39 is 0 Å². The third-order valence-electron chi connectivity index (χ3n) is 7.48. The minimum Gasteiger partial charge on any atom is -0.472 e. The molecule has 12 rings (SSSR count). The number of thiazole rings is 1. The molecule has 532 valence electrons. The van der Waals surface area contributed by atoms with Gasteiger partial charge in [-0.05, 0) is 143 Å². The van der Waals surface area contributed by atoms with Gasteiger partial charge < -0.3 is 121 Å². The first-order valence-electron chi connectivity index (χ1n) is 21.9. The van der Waals surface area contributed by atoms with E-state index in [1.54, 1.807) is 89.6 Å². The summed E-state index contributed by atoms with van der Waals surface area (Å²) in [4.78, 5) is 17.3. The number of nitrogens with zero attached hydrogens (tertiary/aromatic N) is 11. The molecule has 0 amide bonds. The average molecular weight is 1810 g/mol. The van der Waals surface area contributed by atoms with Crippen LogP contribution in [0.25, 0.3) is 0 Å². The Morgan fingerprint density at radius 1 is 0.516 bits per heavy atom. The van der Waals surface area contributed by atoms with Crippen LogP contribution in [0.4, 0.5) is 0 Å². The fourth-order valence-electron chi connectivity index (χ4n) is 3.82. The molecule has 0 atom stereocenters. The molecule has 0 saturated carbocycles. The molecule has 0 bridgehead atoms. The van der Waals surface area contributed by atoms with Gasteiger partial charge in [-0.3, -0.25) is 30.1 Å². The minimum absolute atomic E-state index is 0. The van der Waals surface area contributed by atoms with Gasteiger partial charge in [0.1, 0.15) is 12.5 Å². The van der Waals surface area contributed by atoms with Gasteiger partial charge in [0.2, 0.25) is 0 Å². The van der Waals surface area contributed by atoms with Gasteiger partial charge in [-0.1, -0.05) is 17.6 Å². The number of hydrogen-bond acceptors (Lipinski definition) is 15. The summed E-state index contributed by atoms with van der Waals surface area (Å²) in [5.41, 5.74) is 14.6. The van der Waals surface area contributed by atoms with Gasteiger partial charge in [0.25, 0.3) is 0 Å². The molecule has 0 unspecified atom stereocenters. The maximum absolute atomic E-state index is 4.71. The predicted octanol–water partition coefficient (Wildman–Crippen LogP) is 17.6. The van der Waals surface area contributed by atoms with E-state index in [0.717, 1.165) is 33.5 Å². The molecule has 33 heteroatoms. The molecule has 12 aromatic rings. The maximum Gasteiger partial charge on any atom is 0.180 e. The first kappa shape index (κ1) is 161. The Bertz CT molecular complexity index is 2080. The SMILES string of the molecule is Cc1cc[nH]c1.Cc1ccn[nH]1.Cc1ccoc1.Cc1ccon1.Cc1ccsc1.Cc1cn[nH]c1.Cc1cnc[nH]1.Cc1cocn1.Cc1cscn1.Cc1nn[c-]s1.Cn1cccc1.Cn1cccn1.[CH3-].[CH3-].[CH3-].[CH3-].[CH3-].[CH3-].[CH3-].[CH3-].[CH3-].[CH3-].[CH3-].[V].[V].[V].[V].[V].[V].[V].[V].[V].[V].[V].[V]. The zero-order valence-corrected chi connectivity index (χ0v) is 78.6. The number of rotatable bonds is 0. The van der Waals surface area contributed by atoms with Crippen molar-refractivity contribution < 1.29 is 236 Å². The zero-order valence-electron chi connectivity index (χ0n) is 59.4. The number of aryl methyl sites for hydroxylation is 12. The van der Waals surface area contributed by atoms with Crippen LogP contribution in [-0.4, -0.2) is 75.0 Å². The molecular weight excluding hydrogens is 1710 g/mol. The number of hydrogen-bond donors (Lipinski definition) is 4. The van der Waals surface area contributed by atoms with E-state index in [1.807, 2.05) is 159 Å². The van der Waals surface area contributed by atoms with Crippen molar-refractivity contribution in [3.05, 3.63) is 313 Å². The topological polar surface area (TPSA) is 228 Å². The number of imidazole rings is 1. The first-order valence-corrected chi connectivity index (χ1v) is 24.6. The molecule has 12 heterocycles. The summed E-state index contributed by atoms with van der Waals surface area (Å²) in [5, 5.41) is 34.5. The Morgan fingerprint density at radius 3 is 1.25 bits per heavy atom. The quantitative estimate of drug-likeness (QED) is 0.104. The van der Waals surface area contributed by atoms with Crippen LogP contribution < -0.4 is 0 Å². The van der Waals surface area contributed by atoms with Crippen LogP contribution in [-0.2, 0) is 237 Å². The van der Waals surface area contributed by atoms with Crippen molar-refractivity contribution >= 4 is 34.0 Å². The van der Waals surface area contributed by atoms with Crippen LogP contribution in [0, 0.1) is 156 Å². The molecule has 0 aliphatic heterocycles. The van der Waals surface area contributed by atoms with Crippen LogP contribution in [0.15, 0.2) is 183 Å². The second kappa shape index (κ2) is 114. The Kier molecular flexibility index (Phi) is 194. The Hall–Kier alpha value is -0.997. The number of H-pyrrole nitrogens is 4. The van der Waals surface area contributed by atoms with Crippen molar-refractivity contribution in [2.45, 2.75) is 69.2 Å². The van der Waals surface area contributed by atoms with Crippen molar-refractivity contribution in [2.75, 3.05) is 0 Å². The van der Waals surface area contributed by atoms with Crippen molar-refractivity contribution in [1.29, 1.82) is 0 Å². The predicted molar refractivity (Wildman–Crippen MR) is 360 cm³/mol. The fraction of sp³-hybridized carbons (Fsp3) is 0.194. The summed E-state index contributed by atoms with van der Waals surface area (Å²) >= 11 is 4.80. The van der Waals surface area contributed by atoms with E-state index in [2.05, 4.69) is 111 Å². The van der Waals surface area contributed by atoms with Crippen molar-refractivity contribution in [3.63, 3.8) is 0 Å². The number of furan rings is 1. The monoisotopic (exact) mass is 1810 g/mol. The summed E-state index contributed by atoms with van der Waals surface area (Å²) in [7, 11) is 3.89. The molecule has 0 aromatic carbocycles. The summed E-state index contributed by atoms with van der Waals surface area (Å²) in [6, 6.07) is 15.7. The van der Waals surface area contributed by atoms with E-state index >= 15 is 0 Å². The van der Waals surface area contributed by atoms with Crippen LogP contribution >= 0.6 is 34.0 Å². The number of aromatic amines is 4. The molecule has 95 heavy (non-hydrogen) atoms. The van der Waals surface area contributed by atoms with Gasteiger partial charge >= 0.3 is 0 Å². The van der Waals surface area contributed by atoms with E-state index in [1.165, 1.54) is 40.0 Å². The van der Waals surface area contributed by atoms with Crippen LogP contribution in [0.5, 0.6) is 0 Å². The van der Waals surface area contributed by atoms with E-state index in [4.69, 9.17) is 4.42 Å². The molecule has 0 fully saturated rings. The second-order valence-electron chi connectivity index (χ2n) is 14.6. The molecular formula is C62H101N15O3S3V12-12.